The first kappa shape index (κ1) is 13.5. The monoisotopic (exact) mass is 262 g/mol. The summed E-state index contributed by atoms with van der Waals surface area (Å²) < 4.78 is 10.7. The normalized spacial score (nSPS) is 11.6. The molecule has 0 spiro atoms. The van der Waals surface area contributed by atoms with Crippen LogP contribution in [0.15, 0.2) is 28.8 Å². The van der Waals surface area contributed by atoms with Gasteiger partial charge in [0, 0.05) is 5.41 Å². The fourth-order valence-corrected chi connectivity index (χ4v) is 1.50. The maximum atomic E-state index is 9.04. The lowest BCUT2D eigenvalue weighted by Crippen LogP contribution is -2.11. The van der Waals surface area contributed by atoms with Gasteiger partial charge in [-0.3, -0.25) is 0 Å². The number of ether oxygens (including phenoxy) is 1. The lowest BCUT2D eigenvalue weighted by Gasteiger charge is -2.10. The molecule has 0 amide bonds. The Labute approximate surface area is 112 Å². The van der Waals surface area contributed by atoms with Crippen molar-refractivity contribution in [2.75, 3.05) is 0 Å². The van der Waals surface area contributed by atoms with E-state index in [1.54, 1.807) is 6.07 Å². The van der Waals surface area contributed by atoms with Crippen molar-refractivity contribution in [1.29, 1.82) is 0 Å². The summed E-state index contributed by atoms with van der Waals surface area (Å²) in [5.41, 5.74) is 0.642. The maximum absolute atomic E-state index is 9.04. The summed E-state index contributed by atoms with van der Waals surface area (Å²) in [6, 6.07) is 7.27. The first-order chi connectivity index (χ1) is 8.99. The summed E-state index contributed by atoms with van der Waals surface area (Å²) in [5, 5.41) is 12.9. The second kappa shape index (κ2) is 5.40. The molecule has 0 aliphatic carbocycles. The second-order valence-electron chi connectivity index (χ2n) is 5.36. The highest BCUT2D eigenvalue weighted by Crippen LogP contribution is 2.20. The minimum Gasteiger partial charge on any atom is -0.485 e. The van der Waals surface area contributed by atoms with Crippen LogP contribution in [-0.4, -0.2) is 15.2 Å². The predicted octanol–water partition coefficient (Wildman–Crippen LogP) is 2.44. The first-order valence-corrected chi connectivity index (χ1v) is 6.15. The van der Waals surface area contributed by atoms with Gasteiger partial charge in [-0.25, -0.2) is 0 Å². The zero-order chi connectivity index (χ0) is 13.9. The van der Waals surface area contributed by atoms with Crippen molar-refractivity contribution < 1.29 is 14.4 Å². The molecule has 2 rings (SSSR count). The molecule has 0 aliphatic heterocycles. The predicted molar refractivity (Wildman–Crippen MR) is 69.7 cm³/mol. The molecule has 1 heterocycles. The van der Waals surface area contributed by atoms with E-state index in [-0.39, 0.29) is 18.6 Å². The molecule has 5 nitrogen and oxygen atoms in total. The van der Waals surface area contributed by atoms with Crippen LogP contribution in [-0.2, 0) is 18.6 Å². The molecular weight excluding hydrogens is 244 g/mol. The quantitative estimate of drug-likeness (QED) is 0.916. The van der Waals surface area contributed by atoms with Crippen LogP contribution in [0.2, 0.25) is 0 Å². The number of benzene rings is 1. The first-order valence-electron chi connectivity index (χ1n) is 6.15. The van der Waals surface area contributed by atoms with Gasteiger partial charge in [0.15, 0.2) is 6.61 Å². The van der Waals surface area contributed by atoms with Crippen molar-refractivity contribution >= 4 is 0 Å². The van der Waals surface area contributed by atoms with Crippen molar-refractivity contribution in [2.45, 2.75) is 39.4 Å². The zero-order valence-electron chi connectivity index (χ0n) is 11.4. The fraction of sp³-hybridized carbons (Fsp3) is 0.429. The average molecular weight is 262 g/mol. The minimum absolute atomic E-state index is 0.00637. The van der Waals surface area contributed by atoms with Gasteiger partial charge in [0.1, 0.15) is 5.75 Å². The summed E-state index contributed by atoms with van der Waals surface area (Å²) in [7, 11) is 0. The van der Waals surface area contributed by atoms with Gasteiger partial charge in [0.05, 0.1) is 6.61 Å². The SMILES string of the molecule is CC(C)(C)c1nc(COc2cccc(CO)c2)no1. The summed E-state index contributed by atoms with van der Waals surface area (Å²) in [4.78, 5) is 4.29. The summed E-state index contributed by atoms with van der Waals surface area (Å²) in [6.45, 7) is 6.27. The van der Waals surface area contributed by atoms with Crippen LogP contribution in [0.3, 0.4) is 0 Å². The van der Waals surface area contributed by atoms with Crippen LogP contribution < -0.4 is 4.74 Å². The molecule has 1 aromatic carbocycles. The van der Waals surface area contributed by atoms with E-state index >= 15 is 0 Å². The molecule has 19 heavy (non-hydrogen) atoms. The van der Waals surface area contributed by atoms with Crippen molar-refractivity contribution in [3.63, 3.8) is 0 Å². The van der Waals surface area contributed by atoms with Gasteiger partial charge in [-0.2, -0.15) is 4.98 Å². The molecule has 2 aromatic rings. The molecule has 0 radical (unpaired) electrons. The highest BCUT2D eigenvalue weighted by atomic mass is 16.5. The highest BCUT2D eigenvalue weighted by molar-refractivity contribution is 5.28. The smallest absolute Gasteiger partial charge is 0.232 e. The van der Waals surface area contributed by atoms with E-state index < -0.39 is 0 Å². The second-order valence-corrected chi connectivity index (χ2v) is 5.36. The fourth-order valence-electron chi connectivity index (χ4n) is 1.50. The molecule has 0 atom stereocenters. The number of aromatic nitrogens is 2. The van der Waals surface area contributed by atoms with Crippen molar-refractivity contribution in [3.05, 3.63) is 41.5 Å². The van der Waals surface area contributed by atoms with Crippen LogP contribution in [0.5, 0.6) is 5.75 Å². The molecular formula is C14H18N2O3. The average Bonchev–Trinajstić information content (AvgIpc) is 2.85. The topological polar surface area (TPSA) is 68.4 Å². The van der Waals surface area contributed by atoms with E-state index in [0.29, 0.717) is 17.5 Å². The van der Waals surface area contributed by atoms with Gasteiger partial charge >= 0.3 is 0 Å². The minimum atomic E-state index is -0.165. The Morgan fingerprint density at radius 3 is 2.74 bits per heavy atom. The van der Waals surface area contributed by atoms with Gasteiger partial charge in [0.2, 0.25) is 11.7 Å². The van der Waals surface area contributed by atoms with E-state index in [2.05, 4.69) is 10.1 Å². The lowest BCUT2D eigenvalue weighted by atomic mass is 9.97. The molecule has 0 bridgehead atoms. The van der Waals surface area contributed by atoms with Gasteiger partial charge in [0.25, 0.3) is 0 Å². The van der Waals surface area contributed by atoms with Gasteiger partial charge in [-0.05, 0) is 17.7 Å². The highest BCUT2D eigenvalue weighted by Gasteiger charge is 2.21. The Hall–Kier alpha value is -1.88. The van der Waals surface area contributed by atoms with Crippen molar-refractivity contribution in [2.24, 2.45) is 0 Å². The number of rotatable bonds is 4. The van der Waals surface area contributed by atoms with Crippen LogP contribution in [0, 0.1) is 0 Å². The number of hydrogen-bond donors (Lipinski definition) is 1. The largest absolute Gasteiger partial charge is 0.485 e. The molecule has 0 saturated carbocycles. The molecule has 0 unspecified atom stereocenters. The lowest BCUT2D eigenvalue weighted by molar-refractivity contribution is 0.272. The van der Waals surface area contributed by atoms with Crippen molar-refractivity contribution in [1.82, 2.24) is 10.1 Å². The van der Waals surface area contributed by atoms with Crippen LogP contribution >= 0.6 is 0 Å². The van der Waals surface area contributed by atoms with Crippen LogP contribution in [0.1, 0.15) is 38.0 Å². The number of aliphatic hydroxyl groups excluding tert-OH is 1. The third-order valence-electron chi connectivity index (χ3n) is 2.56. The molecule has 1 aromatic heterocycles. The van der Waals surface area contributed by atoms with Gasteiger partial charge in [-0.15, -0.1) is 0 Å². The standard InChI is InChI=1S/C14H18N2O3/c1-14(2,3)13-15-12(16-19-13)9-18-11-6-4-5-10(7-11)8-17/h4-7,17H,8-9H2,1-3H3. The zero-order valence-corrected chi connectivity index (χ0v) is 11.4. The Morgan fingerprint density at radius 1 is 1.32 bits per heavy atom. The summed E-state index contributed by atoms with van der Waals surface area (Å²) in [6.07, 6.45) is 0. The maximum Gasteiger partial charge on any atom is 0.232 e. The number of nitrogens with zero attached hydrogens (tertiary/aromatic N) is 2. The van der Waals surface area contributed by atoms with E-state index in [9.17, 15) is 0 Å². The Kier molecular flexibility index (Phi) is 3.85. The van der Waals surface area contributed by atoms with Crippen LogP contribution in [0.25, 0.3) is 0 Å². The molecule has 0 fully saturated rings. The number of hydrogen-bond acceptors (Lipinski definition) is 5. The number of aliphatic hydroxyl groups is 1. The van der Waals surface area contributed by atoms with Crippen LogP contribution in [0.4, 0.5) is 0 Å². The molecule has 102 valence electrons. The Morgan fingerprint density at radius 2 is 2.11 bits per heavy atom. The van der Waals surface area contributed by atoms with E-state index in [1.165, 1.54) is 0 Å². The van der Waals surface area contributed by atoms with E-state index in [1.807, 2.05) is 39.0 Å². The third kappa shape index (κ3) is 3.54. The van der Waals surface area contributed by atoms with E-state index in [0.717, 1.165) is 5.56 Å². The molecule has 5 heteroatoms. The molecule has 0 aliphatic rings. The van der Waals surface area contributed by atoms with E-state index in [4.69, 9.17) is 14.4 Å². The summed E-state index contributed by atoms with van der Waals surface area (Å²) in [5.74, 6) is 1.78. The van der Waals surface area contributed by atoms with Crippen molar-refractivity contribution in [3.8, 4) is 5.75 Å². The summed E-state index contributed by atoms with van der Waals surface area (Å²) >= 11 is 0. The molecule has 1 N–H and O–H groups in total. The Balaban J connectivity index is 2.00. The Bertz CT molecular complexity index is 544. The van der Waals surface area contributed by atoms with Gasteiger partial charge < -0.3 is 14.4 Å². The third-order valence-corrected chi connectivity index (χ3v) is 2.56. The van der Waals surface area contributed by atoms with Gasteiger partial charge in [-0.1, -0.05) is 38.1 Å². The molecule has 0 saturated heterocycles.